The fraction of sp³-hybridized carbons (Fsp3) is 0.516. The zero-order chi connectivity index (χ0) is 34.2. The van der Waals surface area contributed by atoms with Gasteiger partial charge in [-0.15, -0.1) is 0 Å². The van der Waals surface area contributed by atoms with Crippen molar-refractivity contribution in [3.63, 3.8) is 0 Å². The van der Waals surface area contributed by atoms with E-state index in [0.717, 1.165) is 0 Å². The van der Waals surface area contributed by atoms with Gasteiger partial charge in [0.1, 0.15) is 65.2 Å². The summed E-state index contributed by atoms with van der Waals surface area (Å²) in [7, 11) is 5.66. The second-order valence-electron chi connectivity index (χ2n) is 11.0. The van der Waals surface area contributed by atoms with Crippen molar-refractivity contribution in [2.24, 2.45) is 0 Å². The molecule has 6 N–H and O–H groups in total. The Labute approximate surface area is 268 Å². The van der Waals surface area contributed by atoms with Gasteiger partial charge in [-0.25, -0.2) is 0 Å². The first-order valence-electron chi connectivity index (χ1n) is 14.6. The molecule has 0 unspecified atom stereocenters. The molecule has 0 radical (unpaired) electrons. The summed E-state index contributed by atoms with van der Waals surface area (Å²) in [6, 6.07) is 7.63. The molecule has 2 fully saturated rings. The summed E-state index contributed by atoms with van der Waals surface area (Å²) in [6.07, 6.45) is -15.5. The van der Waals surface area contributed by atoms with E-state index in [0.29, 0.717) is 22.8 Å². The van der Waals surface area contributed by atoms with E-state index in [1.165, 1.54) is 53.6 Å². The lowest BCUT2D eigenvalue weighted by Crippen LogP contribution is -2.61. The van der Waals surface area contributed by atoms with E-state index < -0.39 is 79.2 Å². The Balaban J connectivity index is 1.53. The van der Waals surface area contributed by atoms with E-state index in [4.69, 9.17) is 42.3 Å². The molecule has 0 spiro atoms. The predicted molar refractivity (Wildman–Crippen MR) is 160 cm³/mol. The molecular weight excluding hydrogens is 628 g/mol. The summed E-state index contributed by atoms with van der Waals surface area (Å²) in [5, 5.41) is 62.6. The second kappa shape index (κ2) is 14.2. The summed E-state index contributed by atoms with van der Waals surface area (Å²) in [4.78, 5) is 14.1. The summed E-state index contributed by atoms with van der Waals surface area (Å²) >= 11 is 0. The highest BCUT2D eigenvalue weighted by molar-refractivity contribution is 5.88. The fourth-order valence-corrected chi connectivity index (χ4v) is 5.40. The molecule has 3 heterocycles. The smallest absolute Gasteiger partial charge is 0.239 e. The van der Waals surface area contributed by atoms with Crippen LogP contribution >= 0.6 is 0 Å². The molecule has 2 aliphatic rings. The monoisotopic (exact) mass is 666 g/mol. The van der Waals surface area contributed by atoms with Crippen molar-refractivity contribution >= 4 is 11.0 Å². The van der Waals surface area contributed by atoms with Gasteiger partial charge in [-0.1, -0.05) is 0 Å². The van der Waals surface area contributed by atoms with Gasteiger partial charge in [0.2, 0.25) is 17.5 Å². The van der Waals surface area contributed by atoms with Crippen LogP contribution in [0.2, 0.25) is 0 Å². The van der Waals surface area contributed by atoms with E-state index in [-0.39, 0.29) is 22.5 Å². The summed E-state index contributed by atoms with van der Waals surface area (Å²) in [6.45, 7) is 0.923. The normalized spacial score (nSPS) is 31.0. The Morgan fingerprint density at radius 3 is 2.02 bits per heavy atom. The Hall–Kier alpha value is -3.71. The Kier molecular flexibility index (Phi) is 10.4. The highest BCUT2D eigenvalue weighted by atomic mass is 16.7. The number of aliphatic hydroxyl groups is 6. The van der Waals surface area contributed by atoms with Crippen LogP contribution in [-0.2, 0) is 14.2 Å². The van der Waals surface area contributed by atoms with Crippen LogP contribution in [0, 0.1) is 0 Å². The van der Waals surface area contributed by atoms with E-state index in [2.05, 4.69) is 0 Å². The number of methoxy groups -OCH3 is 4. The Morgan fingerprint density at radius 1 is 0.702 bits per heavy atom. The molecule has 16 nitrogen and oxygen atoms in total. The standard InChI is InChI=1S/C31H38O16/c1-12-21(32)24(35)26(37)30(44-12)43-11-19-22(33)25(36)27(38)31(46-19)47-29-23(34)20-17(42-5)9-14(39-2)10-18(20)45-28(29)13-6-7-15(40-3)16(8-13)41-4/h6-10,12,19,21-22,24-27,30-33,35-38H,11H2,1-5H3/t12-,19+,21-,22+,24+,25-,26+,27+,30+,31-/m0/s1. The maximum Gasteiger partial charge on any atom is 0.239 e. The maximum atomic E-state index is 14.1. The topological polar surface area (TPSA) is 225 Å². The molecule has 0 aliphatic carbocycles. The van der Waals surface area contributed by atoms with Gasteiger partial charge in [0.25, 0.3) is 0 Å². The largest absolute Gasteiger partial charge is 0.496 e. The van der Waals surface area contributed by atoms with Crippen molar-refractivity contribution in [2.75, 3.05) is 35.0 Å². The average Bonchev–Trinajstić information content (AvgIpc) is 3.08. The highest BCUT2D eigenvalue weighted by Gasteiger charge is 2.48. The quantitative estimate of drug-likeness (QED) is 0.161. The van der Waals surface area contributed by atoms with Gasteiger partial charge in [0, 0.05) is 17.7 Å². The van der Waals surface area contributed by atoms with Gasteiger partial charge in [-0.05, 0) is 25.1 Å². The molecule has 3 aromatic rings. The highest BCUT2D eigenvalue weighted by Crippen LogP contribution is 2.40. The minimum absolute atomic E-state index is 0.0309. The Bertz CT molecular complexity index is 1610. The lowest BCUT2D eigenvalue weighted by molar-refractivity contribution is -0.318. The number of hydrogen-bond donors (Lipinski definition) is 6. The second-order valence-corrected chi connectivity index (χ2v) is 11.0. The molecule has 16 heteroatoms. The third-order valence-electron chi connectivity index (χ3n) is 8.13. The van der Waals surface area contributed by atoms with Crippen LogP contribution in [0.3, 0.4) is 0 Å². The third-order valence-corrected chi connectivity index (χ3v) is 8.13. The molecule has 5 rings (SSSR count). The number of fused-ring (bicyclic) bond motifs is 1. The van der Waals surface area contributed by atoms with Crippen LogP contribution in [-0.4, -0.2) is 127 Å². The van der Waals surface area contributed by atoms with Crippen LogP contribution < -0.4 is 29.1 Å². The van der Waals surface area contributed by atoms with E-state index in [1.54, 1.807) is 12.1 Å². The Morgan fingerprint density at radius 2 is 1.36 bits per heavy atom. The van der Waals surface area contributed by atoms with Crippen molar-refractivity contribution in [2.45, 2.75) is 68.3 Å². The van der Waals surface area contributed by atoms with Crippen LogP contribution in [0.4, 0.5) is 0 Å². The molecule has 10 atom stereocenters. The first kappa shape index (κ1) is 34.6. The van der Waals surface area contributed by atoms with E-state index in [9.17, 15) is 35.4 Å². The van der Waals surface area contributed by atoms with Gasteiger partial charge in [-0.3, -0.25) is 4.79 Å². The number of benzene rings is 2. The number of ether oxygens (including phenoxy) is 8. The predicted octanol–water partition coefficient (Wildman–Crippen LogP) is -0.475. The molecule has 0 saturated carbocycles. The first-order valence-corrected chi connectivity index (χ1v) is 14.6. The molecule has 47 heavy (non-hydrogen) atoms. The summed E-state index contributed by atoms with van der Waals surface area (Å²) in [5.41, 5.74) is -0.370. The zero-order valence-corrected chi connectivity index (χ0v) is 26.1. The fourth-order valence-electron chi connectivity index (χ4n) is 5.40. The van der Waals surface area contributed by atoms with E-state index >= 15 is 0 Å². The minimum atomic E-state index is -1.87. The average molecular weight is 667 g/mol. The van der Waals surface area contributed by atoms with Crippen LogP contribution in [0.5, 0.6) is 28.7 Å². The molecule has 0 amide bonds. The van der Waals surface area contributed by atoms with E-state index in [1.807, 2.05) is 0 Å². The van der Waals surface area contributed by atoms with Crippen molar-refractivity contribution in [3.05, 3.63) is 40.6 Å². The van der Waals surface area contributed by atoms with Gasteiger partial charge >= 0.3 is 0 Å². The molecule has 258 valence electrons. The van der Waals surface area contributed by atoms with Gasteiger partial charge in [0.15, 0.2) is 23.5 Å². The van der Waals surface area contributed by atoms with Crippen molar-refractivity contribution in [1.82, 2.24) is 0 Å². The molecular formula is C31H38O16. The summed E-state index contributed by atoms with van der Waals surface area (Å²) in [5.74, 6) is 0.543. The molecule has 1 aromatic heterocycles. The van der Waals surface area contributed by atoms with Gasteiger partial charge < -0.3 is 73.0 Å². The lowest BCUT2D eigenvalue weighted by atomic mass is 9.98. The lowest BCUT2D eigenvalue weighted by Gasteiger charge is -2.42. The van der Waals surface area contributed by atoms with Crippen LogP contribution in [0.25, 0.3) is 22.3 Å². The minimum Gasteiger partial charge on any atom is -0.496 e. The van der Waals surface area contributed by atoms with Crippen molar-refractivity contribution < 1.29 is 73.0 Å². The van der Waals surface area contributed by atoms with Crippen molar-refractivity contribution in [3.8, 4) is 40.1 Å². The third kappa shape index (κ3) is 6.56. The van der Waals surface area contributed by atoms with Gasteiger partial charge in [-0.2, -0.15) is 0 Å². The van der Waals surface area contributed by atoms with Crippen LogP contribution in [0.15, 0.2) is 39.5 Å². The summed E-state index contributed by atoms with van der Waals surface area (Å²) < 4.78 is 50.4. The number of aliphatic hydroxyl groups excluding tert-OH is 6. The van der Waals surface area contributed by atoms with Crippen molar-refractivity contribution in [1.29, 1.82) is 0 Å². The maximum absolute atomic E-state index is 14.1. The number of rotatable bonds is 10. The first-order chi connectivity index (χ1) is 22.4. The van der Waals surface area contributed by atoms with Crippen LogP contribution in [0.1, 0.15) is 6.92 Å². The molecule has 2 aromatic carbocycles. The van der Waals surface area contributed by atoms with Gasteiger partial charge in [0.05, 0.1) is 41.2 Å². The number of hydrogen-bond acceptors (Lipinski definition) is 16. The SMILES string of the molecule is COc1cc(OC)c2c(=O)c(O[C@@H]3O[C@H](CO[C@@H]4O[C@@H](C)[C@H](O)[C@@H](O)[C@H]4O)[C@@H](O)[C@H](O)[C@H]3O)c(-c3ccc(OC)c(OC)c3)oc2c1. The molecule has 0 bridgehead atoms. The molecule has 2 aliphatic heterocycles. The molecule has 2 saturated heterocycles. The zero-order valence-electron chi connectivity index (χ0n) is 26.1.